The van der Waals surface area contributed by atoms with Crippen molar-refractivity contribution in [2.45, 2.75) is 140 Å². The fraction of sp³-hybridized carbons (Fsp3) is 0.424. The molecule has 548 valence electrons. The molecule has 6 amide bonds. The van der Waals surface area contributed by atoms with E-state index in [2.05, 4.69) is 41.5 Å². The van der Waals surface area contributed by atoms with E-state index in [4.69, 9.17) is 43.4 Å². The molecule has 12 heterocycles. The van der Waals surface area contributed by atoms with Crippen molar-refractivity contribution in [1.29, 1.82) is 0 Å². The Morgan fingerprint density at radius 3 is 2.20 bits per heavy atom. The van der Waals surface area contributed by atoms with Crippen molar-refractivity contribution < 1.29 is 92.4 Å². The third-order valence-electron chi connectivity index (χ3n) is 18.3. The highest BCUT2D eigenvalue weighted by atomic mass is 32.1. The molecule has 0 radical (unpaired) electrons. The van der Waals surface area contributed by atoms with Gasteiger partial charge in [0.1, 0.15) is 126 Å². The Morgan fingerprint density at radius 2 is 1.48 bits per heavy atom. The van der Waals surface area contributed by atoms with Crippen LogP contribution in [0.2, 0.25) is 0 Å². The summed E-state index contributed by atoms with van der Waals surface area (Å²) in [5, 5.41) is 78.4. The van der Waals surface area contributed by atoms with Gasteiger partial charge in [-0.1, -0.05) is 12.1 Å². The molecule has 5 aliphatic rings. The molecule has 10 N–H and O–H groups in total. The molecule has 8 aromatic rings. The highest BCUT2D eigenvalue weighted by Crippen LogP contribution is 2.43. The number of pyridine rings is 1. The smallest absolute Gasteiger partial charge is 0.358 e. The van der Waals surface area contributed by atoms with Gasteiger partial charge < -0.3 is 90.4 Å². The number of carbonyl (C=O) groups is 8. The number of cyclic esters (lactones) is 2. The number of nitrogens with zero attached hydrogens (tertiary/aromatic N) is 9. The summed E-state index contributed by atoms with van der Waals surface area (Å²) in [6.07, 6.45) is -7.32. The maximum atomic E-state index is 15.2. The molecule has 12 bridgehead atoms. The molecule has 13 rings (SSSR count). The van der Waals surface area contributed by atoms with Gasteiger partial charge in [-0.2, -0.15) is 4.73 Å². The van der Waals surface area contributed by atoms with Gasteiger partial charge in [-0.25, -0.2) is 39.5 Å². The lowest BCUT2D eigenvalue weighted by Gasteiger charge is -2.48. The number of esters is 2. The zero-order valence-corrected chi connectivity index (χ0v) is 60.8. The molecule has 7 aromatic heterocycles. The topological polar surface area (TPSA) is 442 Å². The number of aliphatic hydroxyl groups is 3. The van der Waals surface area contributed by atoms with Gasteiger partial charge in [0.25, 0.3) is 23.6 Å². The summed E-state index contributed by atoms with van der Waals surface area (Å²) in [5.41, 5.74) is -2.68. The Balaban J connectivity index is 0.956. The average Bonchev–Trinajstić information content (AvgIpc) is 1.54. The van der Waals surface area contributed by atoms with E-state index in [1.807, 2.05) is 0 Å². The second-order valence-electron chi connectivity index (χ2n) is 25.8. The zero-order chi connectivity index (χ0) is 73.9. The highest BCUT2D eigenvalue weighted by molar-refractivity contribution is 7.14. The molecule has 0 spiro atoms. The fourth-order valence-electron chi connectivity index (χ4n) is 13.2. The number of likely N-dealkylation sites (tertiary alicyclic amines) is 1. The van der Waals surface area contributed by atoms with E-state index >= 15 is 19.2 Å². The Kier molecular flexibility index (Phi) is 20.8. The number of aromatic hydroxyl groups is 1. The lowest BCUT2D eigenvalue weighted by Crippen LogP contribution is -2.62. The summed E-state index contributed by atoms with van der Waals surface area (Å²) in [6.45, 7) is 6.40. The van der Waals surface area contributed by atoms with Crippen LogP contribution in [0.25, 0.3) is 49.3 Å². The summed E-state index contributed by atoms with van der Waals surface area (Å²) >= 11 is 4.54. The van der Waals surface area contributed by atoms with Gasteiger partial charge in [-0.3, -0.25) is 28.8 Å². The molecule has 2 fully saturated rings. The van der Waals surface area contributed by atoms with Crippen molar-refractivity contribution in [1.82, 2.24) is 71.0 Å². The molecular formula is C66H70N14O19S5. The van der Waals surface area contributed by atoms with Crippen molar-refractivity contribution >= 4 is 121 Å². The third-order valence-corrected chi connectivity index (χ3v) is 22.7. The van der Waals surface area contributed by atoms with Gasteiger partial charge >= 0.3 is 11.9 Å². The number of aliphatic hydroxyl groups excluding tert-OH is 2. The second kappa shape index (κ2) is 29.7. The lowest BCUT2D eigenvalue weighted by atomic mass is 9.85. The van der Waals surface area contributed by atoms with Crippen molar-refractivity contribution in [3.05, 3.63) is 112 Å². The zero-order valence-electron chi connectivity index (χ0n) is 56.7. The largest absolute Gasteiger partial charge is 0.506 e. The van der Waals surface area contributed by atoms with Gasteiger partial charge in [0, 0.05) is 62.9 Å². The number of fused-ring (bicyclic) bond motifs is 15. The van der Waals surface area contributed by atoms with Crippen LogP contribution in [0.1, 0.15) is 145 Å². The molecule has 33 nitrogen and oxygen atoms in total. The fourth-order valence-corrected chi connectivity index (χ4v) is 17.3. The van der Waals surface area contributed by atoms with E-state index in [9.17, 15) is 44.8 Å². The van der Waals surface area contributed by atoms with E-state index < -0.39 is 145 Å². The van der Waals surface area contributed by atoms with E-state index in [1.165, 1.54) is 66.9 Å². The Bertz CT molecular complexity index is 4740. The molecule has 104 heavy (non-hydrogen) atoms. The van der Waals surface area contributed by atoms with Crippen molar-refractivity contribution in [2.75, 3.05) is 40.9 Å². The molecule has 38 heteroatoms. The minimum Gasteiger partial charge on any atom is -0.506 e. The number of hydrogen-bond acceptors (Lipinski definition) is 31. The number of allylic oxidation sites excluding steroid dienone is 1. The van der Waals surface area contributed by atoms with Crippen LogP contribution < -0.4 is 26.6 Å². The number of likely N-dealkylation sites (N-methyl/N-ethyl adjacent to an activating group) is 1. The molecule has 0 unspecified atom stereocenters. The maximum absolute atomic E-state index is 15.2. The van der Waals surface area contributed by atoms with Crippen molar-refractivity contribution in [2.24, 2.45) is 0 Å². The molecule has 11 atom stereocenters. The Labute approximate surface area is 611 Å². The van der Waals surface area contributed by atoms with Crippen LogP contribution in [0, 0.1) is 0 Å². The first-order chi connectivity index (χ1) is 49.6. The van der Waals surface area contributed by atoms with Crippen LogP contribution in [0.15, 0.2) is 56.9 Å². The minimum absolute atomic E-state index is 0.0122. The SMILES string of the molecule is CO/C(C)=C1/NC(=O)[C@H]([C@@H](C)O)NC(=O)c2csc(n2)-c2cc(O)c(-c3nc(C(=O)N[C@@H](C)C(=O)N4CCC(O)CC4)cs3)nc2-c2csc(n2)[C@@H]2COC(=O)c3c4c5c(cccc5n3O)COC(=O)[C@@H](O[C@H]3C[C@](C)(O)[C@H](N(C)C)[C@H](C)O3)[C@@H](OC4)[C@H](NC(=O)c3csc1n3)c1nc(cs1)C(=O)N2. The quantitative estimate of drug-likeness (QED) is 0.0548. The molecule has 2 saturated heterocycles. The predicted octanol–water partition coefficient (Wildman–Crippen LogP) is 4.26. The van der Waals surface area contributed by atoms with Crippen LogP contribution in [0.3, 0.4) is 0 Å². The number of piperidine rings is 1. The lowest BCUT2D eigenvalue weighted by molar-refractivity contribution is -0.280. The molecule has 5 aliphatic heterocycles. The number of hydrogen-bond donors (Lipinski definition) is 10. The van der Waals surface area contributed by atoms with Crippen LogP contribution in [0.4, 0.5) is 0 Å². The van der Waals surface area contributed by atoms with Crippen LogP contribution in [-0.4, -0.2) is 219 Å². The number of ether oxygens (including phenoxy) is 6. The van der Waals surface area contributed by atoms with Crippen LogP contribution in [-0.2, 0) is 56.0 Å². The van der Waals surface area contributed by atoms with Crippen LogP contribution >= 0.6 is 56.7 Å². The van der Waals surface area contributed by atoms with E-state index in [0.29, 0.717) is 36.2 Å². The molecule has 1 aromatic carbocycles. The first-order valence-corrected chi connectivity index (χ1v) is 37.0. The summed E-state index contributed by atoms with van der Waals surface area (Å²) in [7, 11) is 4.85. The second-order valence-corrected chi connectivity index (χ2v) is 30.1. The minimum atomic E-state index is -1.92. The first-order valence-electron chi connectivity index (χ1n) is 32.6. The molecule has 0 saturated carbocycles. The Hall–Kier alpha value is -9.32. The van der Waals surface area contributed by atoms with Gasteiger partial charge in [0.15, 0.2) is 18.1 Å². The highest BCUT2D eigenvalue weighted by Gasteiger charge is 2.50. The van der Waals surface area contributed by atoms with Crippen LogP contribution in [0.5, 0.6) is 5.75 Å². The number of aromatic nitrogens is 7. The summed E-state index contributed by atoms with van der Waals surface area (Å²) in [4.78, 5) is 148. The van der Waals surface area contributed by atoms with E-state index in [-0.39, 0.29) is 111 Å². The summed E-state index contributed by atoms with van der Waals surface area (Å²) in [5.74, 6) is -7.44. The number of amides is 6. The van der Waals surface area contributed by atoms with E-state index in [0.717, 1.165) is 56.7 Å². The van der Waals surface area contributed by atoms with Gasteiger partial charge in [0.2, 0.25) is 11.8 Å². The predicted molar refractivity (Wildman–Crippen MR) is 373 cm³/mol. The number of methoxy groups -OCH3 is 1. The average molecular weight is 1520 g/mol. The normalized spacial score (nSPS) is 24.8. The van der Waals surface area contributed by atoms with Crippen molar-refractivity contribution in [3.63, 3.8) is 0 Å². The monoisotopic (exact) mass is 1520 g/mol. The maximum Gasteiger partial charge on any atom is 0.358 e. The summed E-state index contributed by atoms with van der Waals surface area (Å²) < 4.78 is 38.3. The van der Waals surface area contributed by atoms with Crippen molar-refractivity contribution in [3.8, 4) is 38.4 Å². The van der Waals surface area contributed by atoms with E-state index in [1.54, 1.807) is 49.9 Å². The molecular weight excluding hydrogens is 1450 g/mol. The number of rotatable bonds is 9. The first kappa shape index (κ1) is 73.0. The number of nitrogens with one attached hydrogen (secondary N) is 5. The standard InChI is InChI=1S/C66H70N14O19S5/c1-26(63(89)79-14-12-31(82)13-15-79)67-53(84)36-23-103-61(72-36)47-41(83)16-32-46(74-47)35-21-101-59(69-35)34-20-97-64(90)49-33-19-95-50(51(99-42-17-66(5,92)52(78(6)7)29(4)98-42)65(91)96-18-30-10-9-11-40(43(30)33)80(49)93)48(62-73-37(24-104-62)54(85)68-34)77-56(87)39-25-102-60(71-39)45(28(3)94-8)76-57(88)44(27(2)81)75-55(86)38-22-100-58(32)70-38/h9-11,16,21-27,29,31,34,42,44,48,50-52,81-83,92-93H,12-15,17-20H2,1-8H3,(H,67,84)(H,68,85)(H,75,86)(H,76,88)(H,77,87)/b45-28+/t26-,27+,29-,34-,42-,44-,48-,50-,51-,52+,66-/m0/s1. The van der Waals surface area contributed by atoms with Gasteiger partial charge in [-0.15, -0.1) is 56.7 Å². The number of benzene rings is 1. The summed E-state index contributed by atoms with van der Waals surface area (Å²) in [6, 6.07) is -0.304. The Morgan fingerprint density at radius 1 is 0.817 bits per heavy atom. The molecule has 0 aliphatic carbocycles. The van der Waals surface area contributed by atoms with Gasteiger partial charge in [-0.05, 0) is 79.3 Å². The number of carbonyl (C=O) groups excluding carboxylic acids is 8. The third kappa shape index (κ3) is 14.5. The number of thiazole rings is 5. The van der Waals surface area contributed by atoms with Gasteiger partial charge in [0.05, 0.1) is 49.2 Å².